The van der Waals surface area contributed by atoms with Gasteiger partial charge in [-0.15, -0.1) is 16.4 Å². The molecule has 13 heteroatoms. The maximum absolute atomic E-state index is 10.2. The Morgan fingerprint density at radius 2 is 2.00 bits per heavy atom. The van der Waals surface area contributed by atoms with Crippen molar-refractivity contribution < 1.29 is 14.0 Å². The van der Waals surface area contributed by atoms with Crippen molar-refractivity contribution in [3.8, 4) is 23.5 Å². The van der Waals surface area contributed by atoms with Crippen LogP contribution in [0, 0.1) is 11.3 Å². The summed E-state index contributed by atoms with van der Waals surface area (Å²) in [5, 5.41) is 21.5. The van der Waals surface area contributed by atoms with Gasteiger partial charge >= 0.3 is 0 Å². The van der Waals surface area contributed by atoms with E-state index in [-0.39, 0.29) is 18.2 Å². The van der Waals surface area contributed by atoms with E-state index in [1.807, 2.05) is 0 Å². The lowest BCUT2D eigenvalue weighted by molar-refractivity contribution is 0.123. The first-order chi connectivity index (χ1) is 22.9. The second kappa shape index (κ2) is 10.9. The van der Waals surface area contributed by atoms with Crippen molar-refractivity contribution in [3.05, 3.63) is 27.3 Å². The molecule has 2 fully saturated rings. The zero-order valence-electron chi connectivity index (χ0n) is 27.3. The Labute approximate surface area is 277 Å². The summed E-state index contributed by atoms with van der Waals surface area (Å²) in [6.07, 6.45) is 8.94. The lowest BCUT2D eigenvalue weighted by Gasteiger charge is -2.39. The summed E-state index contributed by atoms with van der Waals surface area (Å²) in [5.41, 5.74) is 10.2. The number of ether oxygens (including phenoxy) is 2. The standard InChI is InChI=1S/C34H41N9O3S/c1-18-15-20(17-45-18)42-13-14-44-33-25-31(42)37-30(38-32(25)43(39-33)19(2)23-8-6-12-41(23)3)27-21-7-4-10-34(28(21)46-40-27)11-5-9-24-26(34)22(16-35)29(36)47-24/h18-20,23H,4-15,17,36H2,1-3H3/t18-,19-,20+,23-,34-/m0/s1. The molecule has 0 bridgehead atoms. The van der Waals surface area contributed by atoms with Crippen LogP contribution in [0.3, 0.4) is 0 Å². The number of nitrogen functional groups attached to an aromatic ring is 1. The number of likely N-dealkylation sites (N-methyl/N-ethyl adjacent to an activating group) is 1. The average molecular weight is 656 g/mol. The molecule has 47 heavy (non-hydrogen) atoms. The Hall–Kier alpha value is -3.73. The Bertz CT molecular complexity index is 1920. The lowest BCUT2D eigenvalue weighted by atomic mass is 9.63. The van der Waals surface area contributed by atoms with Crippen molar-refractivity contribution in [3.63, 3.8) is 0 Å². The van der Waals surface area contributed by atoms with Gasteiger partial charge in [-0.2, -0.15) is 5.26 Å². The SMILES string of the molecule is C[C@H]1C[C@@H](N2CCOc3nn([C@@H](C)[C@@H]4CCCN4C)c4nc(-c5noc6c5CCC[C@@]65CCCc6sc(N)c(C#N)c65)nc2c34)CO1. The van der Waals surface area contributed by atoms with Crippen LogP contribution in [0.1, 0.15) is 92.2 Å². The molecule has 0 unspecified atom stereocenters. The van der Waals surface area contributed by atoms with Crippen LogP contribution in [-0.4, -0.2) is 81.3 Å². The summed E-state index contributed by atoms with van der Waals surface area (Å²) in [5.74, 6) is 2.84. The number of nitrogens with zero attached hydrogens (tertiary/aromatic N) is 8. The Kier molecular flexibility index (Phi) is 6.82. The molecule has 7 heterocycles. The van der Waals surface area contributed by atoms with Crippen molar-refractivity contribution in [2.45, 2.75) is 101 Å². The molecule has 0 saturated carbocycles. The topological polar surface area (TPSA) is 144 Å². The van der Waals surface area contributed by atoms with E-state index in [1.54, 1.807) is 11.3 Å². The fourth-order valence-corrected chi connectivity index (χ4v) is 10.5. The average Bonchev–Trinajstić information content (AvgIpc) is 3.89. The number of nitrogens with two attached hydrogens (primary N) is 1. The minimum Gasteiger partial charge on any atom is -0.474 e. The molecule has 4 aromatic rings. The molecule has 3 aliphatic heterocycles. The molecule has 5 aliphatic rings. The maximum atomic E-state index is 10.2. The first kappa shape index (κ1) is 29.4. The highest BCUT2D eigenvalue weighted by Crippen LogP contribution is 2.55. The highest BCUT2D eigenvalue weighted by molar-refractivity contribution is 7.16. The van der Waals surface area contributed by atoms with Crippen molar-refractivity contribution in [1.82, 2.24) is 29.8 Å². The normalized spacial score (nSPS) is 27.9. The summed E-state index contributed by atoms with van der Waals surface area (Å²) in [4.78, 5) is 16.6. The van der Waals surface area contributed by atoms with Crippen LogP contribution in [0.15, 0.2) is 4.52 Å². The van der Waals surface area contributed by atoms with Gasteiger partial charge in [-0.3, -0.25) is 0 Å². The number of nitriles is 1. The van der Waals surface area contributed by atoms with Gasteiger partial charge in [0.15, 0.2) is 22.9 Å². The molecule has 12 nitrogen and oxygen atoms in total. The van der Waals surface area contributed by atoms with E-state index in [2.05, 4.69) is 41.4 Å². The molecule has 1 spiro atoms. The molecular weight excluding hydrogens is 615 g/mol. The van der Waals surface area contributed by atoms with Gasteiger partial charge in [-0.1, -0.05) is 5.16 Å². The van der Waals surface area contributed by atoms with Crippen LogP contribution in [0.5, 0.6) is 5.88 Å². The molecule has 2 N–H and O–H groups in total. The highest BCUT2D eigenvalue weighted by Gasteiger charge is 2.49. The lowest BCUT2D eigenvalue weighted by Crippen LogP contribution is -2.39. The number of thiophene rings is 1. The first-order valence-electron chi connectivity index (χ1n) is 17.2. The van der Waals surface area contributed by atoms with E-state index < -0.39 is 5.41 Å². The minimum atomic E-state index is -0.408. The maximum Gasteiger partial charge on any atom is 0.246 e. The number of fused-ring (bicyclic) bond motifs is 4. The third-order valence-corrected chi connectivity index (χ3v) is 12.6. The van der Waals surface area contributed by atoms with Crippen LogP contribution in [-0.2, 0) is 23.0 Å². The van der Waals surface area contributed by atoms with Gasteiger partial charge in [0.2, 0.25) is 5.88 Å². The quantitative estimate of drug-likeness (QED) is 0.318. The van der Waals surface area contributed by atoms with Gasteiger partial charge in [-0.25, -0.2) is 14.6 Å². The third-order valence-electron chi connectivity index (χ3n) is 11.6. The van der Waals surface area contributed by atoms with Crippen molar-refractivity contribution in [2.24, 2.45) is 0 Å². The van der Waals surface area contributed by atoms with Crippen LogP contribution < -0.4 is 15.4 Å². The van der Waals surface area contributed by atoms with Gasteiger partial charge < -0.3 is 29.5 Å². The van der Waals surface area contributed by atoms with Crippen molar-refractivity contribution >= 4 is 33.2 Å². The number of hydrogen-bond donors (Lipinski definition) is 1. The number of likely N-dealkylation sites (tertiary alicyclic amines) is 1. The van der Waals surface area contributed by atoms with Gasteiger partial charge in [0.25, 0.3) is 0 Å². The van der Waals surface area contributed by atoms with Crippen LogP contribution in [0.4, 0.5) is 10.8 Å². The van der Waals surface area contributed by atoms with E-state index in [0.717, 1.165) is 91.6 Å². The molecule has 246 valence electrons. The van der Waals surface area contributed by atoms with E-state index in [1.165, 1.54) is 11.3 Å². The smallest absolute Gasteiger partial charge is 0.246 e. The van der Waals surface area contributed by atoms with Crippen molar-refractivity contribution in [2.75, 3.05) is 44.0 Å². The molecule has 0 radical (unpaired) electrons. The predicted octanol–water partition coefficient (Wildman–Crippen LogP) is 4.99. The third kappa shape index (κ3) is 4.30. The summed E-state index contributed by atoms with van der Waals surface area (Å²) < 4.78 is 20.8. The molecule has 4 aromatic heterocycles. The van der Waals surface area contributed by atoms with E-state index in [0.29, 0.717) is 53.8 Å². The Morgan fingerprint density at radius 3 is 2.77 bits per heavy atom. The molecule has 5 atom stereocenters. The van der Waals surface area contributed by atoms with E-state index >= 15 is 0 Å². The zero-order valence-corrected chi connectivity index (χ0v) is 28.1. The molecule has 0 aromatic carbocycles. The summed E-state index contributed by atoms with van der Waals surface area (Å²) in [6, 6.07) is 3.04. The number of anilines is 2. The van der Waals surface area contributed by atoms with Crippen LogP contribution in [0.25, 0.3) is 22.6 Å². The predicted molar refractivity (Wildman–Crippen MR) is 178 cm³/mol. The monoisotopic (exact) mass is 655 g/mol. The molecular formula is C34H41N9O3S. The van der Waals surface area contributed by atoms with E-state index in [9.17, 15) is 5.26 Å². The van der Waals surface area contributed by atoms with E-state index in [4.69, 9.17) is 40.0 Å². The fourth-order valence-electron chi connectivity index (χ4n) is 9.33. The zero-order chi connectivity index (χ0) is 32.0. The van der Waals surface area contributed by atoms with Crippen molar-refractivity contribution in [1.29, 1.82) is 5.26 Å². The number of rotatable bonds is 4. The Morgan fingerprint density at radius 1 is 1.15 bits per heavy atom. The van der Waals surface area contributed by atoms with Crippen LogP contribution >= 0.6 is 11.3 Å². The second-order valence-corrected chi connectivity index (χ2v) is 15.3. The van der Waals surface area contributed by atoms with Gasteiger partial charge in [0.05, 0.1) is 42.3 Å². The van der Waals surface area contributed by atoms with Crippen LogP contribution in [0.2, 0.25) is 0 Å². The minimum absolute atomic E-state index is 0.0873. The van der Waals surface area contributed by atoms with Gasteiger partial charge in [0, 0.05) is 16.5 Å². The summed E-state index contributed by atoms with van der Waals surface area (Å²) in [7, 11) is 2.20. The number of hydrogen-bond acceptors (Lipinski definition) is 12. The Balaban J connectivity index is 1.23. The largest absolute Gasteiger partial charge is 0.474 e. The number of aromatic nitrogens is 5. The second-order valence-electron chi connectivity index (χ2n) is 14.2. The molecule has 0 amide bonds. The molecule has 9 rings (SSSR count). The van der Waals surface area contributed by atoms with Gasteiger partial charge in [-0.05, 0) is 90.8 Å². The first-order valence-corrected chi connectivity index (χ1v) is 18.0. The summed E-state index contributed by atoms with van der Waals surface area (Å²) >= 11 is 1.56. The fraction of sp³-hybridized carbons (Fsp3) is 0.618. The summed E-state index contributed by atoms with van der Waals surface area (Å²) in [6.45, 7) is 7.28. The highest BCUT2D eigenvalue weighted by atomic mass is 32.1. The van der Waals surface area contributed by atoms with Gasteiger partial charge in [0.1, 0.15) is 28.9 Å². The molecule has 2 aliphatic carbocycles. The number of aryl methyl sites for hydroxylation is 1. The molecule has 2 saturated heterocycles.